The molecule has 1 aromatic rings. The topological polar surface area (TPSA) is 86.0 Å². The molecule has 2 saturated heterocycles. The van der Waals surface area contributed by atoms with Gasteiger partial charge in [0.05, 0.1) is 23.5 Å². The number of esters is 2. The van der Waals surface area contributed by atoms with Crippen molar-refractivity contribution in [1.29, 1.82) is 0 Å². The van der Waals surface area contributed by atoms with Crippen molar-refractivity contribution < 1.29 is 28.6 Å². The van der Waals surface area contributed by atoms with Gasteiger partial charge in [-0.1, -0.05) is 19.1 Å². The molecule has 26 heavy (non-hydrogen) atoms. The summed E-state index contributed by atoms with van der Waals surface area (Å²) in [4.78, 5) is 25.0. The molecule has 0 amide bonds. The highest BCUT2D eigenvalue weighted by Gasteiger charge is 2.70. The zero-order chi connectivity index (χ0) is 18.2. The first kappa shape index (κ1) is 15.9. The second-order valence-electron chi connectivity index (χ2n) is 7.98. The number of allylic oxidation sites excluding steroid dienone is 2. The second-order valence-corrected chi connectivity index (χ2v) is 7.98. The molecule has 1 N–H and O–H groups in total. The summed E-state index contributed by atoms with van der Waals surface area (Å²) in [6.07, 6.45) is 8.23. The van der Waals surface area contributed by atoms with Gasteiger partial charge >= 0.3 is 11.9 Å². The largest absolute Gasteiger partial charge is 0.472 e. The first-order valence-corrected chi connectivity index (χ1v) is 8.95. The average molecular weight is 356 g/mol. The van der Waals surface area contributed by atoms with Crippen molar-refractivity contribution >= 4 is 11.9 Å². The molecule has 2 fully saturated rings. The molecule has 0 saturated carbocycles. The summed E-state index contributed by atoms with van der Waals surface area (Å²) in [5.74, 6) is -0.761. The summed E-state index contributed by atoms with van der Waals surface area (Å²) < 4.78 is 16.1. The molecule has 6 nitrogen and oxygen atoms in total. The van der Waals surface area contributed by atoms with Crippen molar-refractivity contribution in [2.75, 3.05) is 6.61 Å². The molecule has 2 aliphatic carbocycles. The van der Waals surface area contributed by atoms with Crippen LogP contribution in [0.4, 0.5) is 0 Å². The van der Waals surface area contributed by atoms with Gasteiger partial charge < -0.3 is 19.0 Å². The lowest BCUT2D eigenvalue weighted by Gasteiger charge is -2.60. The van der Waals surface area contributed by atoms with Gasteiger partial charge in [0.25, 0.3) is 0 Å². The third-order valence-corrected chi connectivity index (χ3v) is 6.97. The molecule has 4 aliphatic rings. The van der Waals surface area contributed by atoms with E-state index >= 15 is 0 Å². The summed E-state index contributed by atoms with van der Waals surface area (Å²) in [5.41, 5.74) is -1.04. The fraction of sp³-hybridized carbons (Fsp3) is 0.500. The molecule has 0 aromatic carbocycles. The van der Waals surface area contributed by atoms with Crippen LogP contribution in [0.25, 0.3) is 0 Å². The van der Waals surface area contributed by atoms with Crippen LogP contribution in [0.15, 0.2) is 46.3 Å². The Morgan fingerprint density at radius 1 is 1.19 bits per heavy atom. The van der Waals surface area contributed by atoms with Crippen LogP contribution in [0.1, 0.15) is 44.3 Å². The van der Waals surface area contributed by atoms with Gasteiger partial charge in [0, 0.05) is 28.5 Å². The number of hydrogen-bond donors (Lipinski definition) is 1. The van der Waals surface area contributed by atoms with Gasteiger partial charge in [0.15, 0.2) is 0 Å². The van der Waals surface area contributed by atoms with E-state index in [0.29, 0.717) is 36.8 Å². The quantitative estimate of drug-likeness (QED) is 0.779. The Morgan fingerprint density at radius 3 is 2.81 bits per heavy atom. The second kappa shape index (κ2) is 4.88. The molecule has 6 heteroatoms. The van der Waals surface area contributed by atoms with Crippen molar-refractivity contribution in [2.24, 2.45) is 10.8 Å². The van der Waals surface area contributed by atoms with Gasteiger partial charge in [0.1, 0.15) is 12.7 Å². The van der Waals surface area contributed by atoms with Gasteiger partial charge in [-0.25, -0.2) is 9.59 Å². The lowest BCUT2D eigenvalue weighted by molar-refractivity contribution is -0.195. The van der Waals surface area contributed by atoms with E-state index in [-0.39, 0.29) is 12.6 Å². The third-order valence-electron chi connectivity index (χ3n) is 6.97. The SMILES string of the molecule is C[C@]12C[C@H](c3ccoc3)OC(=O)C1=CC[C@@]13COC(=O)C1=CCC[C@]32O. The average Bonchev–Trinajstić information content (AvgIpc) is 3.24. The van der Waals surface area contributed by atoms with Crippen LogP contribution in [-0.2, 0) is 19.1 Å². The molecule has 0 radical (unpaired) electrons. The Balaban J connectivity index is 1.67. The molecule has 5 rings (SSSR count). The molecule has 1 spiro atoms. The summed E-state index contributed by atoms with van der Waals surface area (Å²) in [5, 5.41) is 12.0. The number of carbonyl (C=O) groups is 2. The van der Waals surface area contributed by atoms with E-state index in [1.807, 2.05) is 19.1 Å². The smallest absolute Gasteiger partial charge is 0.334 e. The number of furan rings is 1. The number of rotatable bonds is 1. The monoisotopic (exact) mass is 356 g/mol. The van der Waals surface area contributed by atoms with E-state index in [1.165, 1.54) is 0 Å². The Bertz CT molecular complexity index is 865. The van der Waals surface area contributed by atoms with Crippen LogP contribution in [-0.4, -0.2) is 29.3 Å². The summed E-state index contributed by atoms with van der Waals surface area (Å²) in [7, 11) is 0. The van der Waals surface area contributed by atoms with E-state index in [2.05, 4.69) is 0 Å². The fourth-order valence-corrected chi connectivity index (χ4v) is 5.53. The molecule has 1 aromatic heterocycles. The maximum Gasteiger partial charge on any atom is 0.334 e. The molecule has 0 unspecified atom stereocenters. The standard InChI is InChI=1S/C20H20O6/c1-18-9-15(12-5-8-24-10-12)26-17(22)13(18)4-7-19-11-25-16(21)14(19)3-2-6-20(18,19)23/h3-5,8,10,15,23H,2,6-7,9,11H2,1H3/t15-,18+,19-,20-/m1/s1. The van der Waals surface area contributed by atoms with Gasteiger partial charge in [0.2, 0.25) is 0 Å². The lowest BCUT2D eigenvalue weighted by Crippen LogP contribution is -2.65. The van der Waals surface area contributed by atoms with E-state index in [9.17, 15) is 14.7 Å². The molecule has 0 bridgehead atoms. The number of hydrogen-bond acceptors (Lipinski definition) is 6. The summed E-state index contributed by atoms with van der Waals surface area (Å²) >= 11 is 0. The Hall–Kier alpha value is -2.34. The molecular weight excluding hydrogens is 336 g/mol. The fourth-order valence-electron chi connectivity index (χ4n) is 5.53. The zero-order valence-electron chi connectivity index (χ0n) is 14.5. The van der Waals surface area contributed by atoms with Gasteiger partial charge in [-0.3, -0.25) is 0 Å². The Labute approximate surface area is 150 Å². The predicted octanol–water partition coefficient (Wildman–Crippen LogP) is 2.60. The van der Waals surface area contributed by atoms with Crippen LogP contribution in [0.2, 0.25) is 0 Å². The van der Waals surface area contributed by atoms with Crippen LogP contribution < -0.4 is 0 Å². The zero-order valence-corrected chi connectivity index (χ0v) is 14.5. The Morgan fingerprint density at radius 2 is 2.04 bits per heavy atom. The van der Waals surface area contributed by atoms with Crippen molar-refractivity contribution in [1.82, 2.24) is 0 Å². The predicted molar refractivity (Wildman–Crippen MR) is 88.6 cm³/mol. The molecular formula is C20H20O6. The van der Waals surface area contributed by atoms with E-state index < -0.39 is 28.5 Å². The number of ether oxygens (including phenoxy) is 2. The maximum atomic E-state index is 12.8. The van der Waals surface area contributed by atoms with Crippen molar-refractivity contribution in [3.8, 4) is 0 Å². The number of fused-ring (bicyclic) bond motifs is 2. The highest BCUT2D eigenvalue weighted by molar-refractivity contribution is 5.95. The minimum Gasteiger partial charge on any atom is -0.472 e. The highest BCUT2D eigenvalue weighted by Crippen LogP contribution is 2.66. The van der Waals surface area contributed by atoms with Crippen molar-refractivity contribution in [3.63, 3.8) is 0 Å². The Kier molecular flexibility index (Phi) is 2.98. The summed E-state index contributed by atoms with van der Waals surface area (Å²) in [6, 6.07) is 1.77. The van der Waals surface area contributed by atoms with Crippen LogP contribution >= 0.6 is 0 Å². The minimum atomic E-state index is -1.25. The normalized spacial score (nSPS) is 41.2. The van der Waals surface area contributed by atoms with Crippen molar-refractivity contribution in [3.05, 3.63) is 47.5 Å². The van der Waals surface area contributed by atoms with Crippen LogP contribution in [0.5, 0.6) is 0 Å². The van der Waals surface area contributed by atoms with Gasteiger partial charge in [-0.05, 0) is 25.3 Å². The molecule has 136 valence electrons. The maximum absolute atomic E-state index is 12.8. The van der Waals surface area contributed by atoms with E-state index in [4.69, 9.17) is 13.9 Å². The first-order chi connectivity index (χ1) is 12.4. The van der Waals surface area contributed by atoms with Crippen LogP contribution in [0.3, 0.4) is 0 Å². The van der Waals surface area contributed by atoms with Crippen LogP contribution in [0, 0.1) is 10.8 Å². The third kappa shape index (κ3) is 1.66. The summed E-state index contributed by atoms with van der Waals surface area (Å²) in [6.45, 7) is 2.07. The molecule has 2 aliphatic heterocycles. The lowest BCUT2D eigenvalue weighted by atomic mass is 9.46. The van der Waals surface area contributed by atoms with Crippen molar-refractivity contribution in [2.45, 2.75) is 44.3 Å². The highest BCUT2D eigenvalue weighted by atomic mass is 16.5. The number of cyclic esters (lactones) is 2. The number of carbonyl (C=O) groups excluding carboxylic acids is 2. The van der Waals surface area contributed by atoms with E-state index in [1.54, 1.807) is 18.6 Å². The van der Waals surface area contributed by atoms with Gasteiger partial charge in [-0.2, -0.15) is 0 Å². The molecule has 4 atom stereocenters. The molecule has 3 heterocycles. The first-order valence-electron chi connectivity index (χ1n) is 8.95. The minimum absolute atomic E-state index is 0.152. The van der Waals surface area contributed by atoms with E-state index in [0.717, 1.165) is 5.56 Å². The van der Waals surface area contributed by atoms with Gasteiger partial charge in [-0.15, -0.1) is 0 Å². The number of aliphatic hydroxyl groups is 1.